The van der Waals surface area contributed by atoms with Gasteiger partial charge in [-0.25, -0.2) is 5.43 Å². The maximum absolute atomic E-state index is 11.8. The topological polar surface area (TPSA) is 69.2 Å². The summed E-state index contributed by atoms with van der Waals surface area (Å²) in [5, 5.41) is 3.92. The predicted octanol–water partition coefficient (Wildman–Crippen LogP) is 3.36. The zero-order valence-corrected chi connectivity index (χ0v) is 15.5. The number of nitrogens with one attached hydrogen (secondary N) is 1. The van der Waals surface area contributed by atoms with Crippen molar-refractivity contribution >= 4 is 12.1 Å². The van der Waals surface area contributed by atoms with Gasteiger partial charge in [0.15, 0.2) is 18.1 Å². The van der Waals surface area contributed by atoms with E-state index in [1.54, 1.807) is 26.4 Å². The average Bonchev–Trinajstić information content (AvgIpc) is 2.66. The van der Waals surface area contributed by atoms with Crippen LogP contribution in [0.3, 0.4) is 0 Å². The van der Waals surface area contributed by atoms with Gasteiger partial charge in [0, 0.05) is 0 Å². The molecule has 6 nitrogen and oxygen atoms in total. The minimum atomic E-state index is -0.338. The van der Waals surface area contributed by atoms with Gasteiger partial charge in [0.2, 0.25) is 0 Å². The second-order valence-corrected chi connectivity index (χ2v) is 5.92. The van der Waals surface area contributed by atoms with Gasteiger partial charge in [-0.05, 0) is 47.4 Å². The van der Waals surface area contributed by atoms with Crippen LogP contribution in [0, 0.1) is 0 Å². The number of carbonyl (C=O) groups is 1. The molecule has 0 aliphatic carbocycles. The zero-order chi connectivity index (χ0) is 18.9. The number of hydrogen-bond acceptors (Lipinski definition) is 5. The molecule has 0 spiro atoms. The molecule has 0 unspecified atom stereocenters. The van der Waals surface area contributed by atoms with Gasteiger partial charge in [-0.1, -0.05) is 26.0 Å². The number of rotatable bonds is 8. The molecule has 138 valence electrons. The average molecular weight is 356 g/mol. The largest absolute Gasteiger partial charge is 0.493 e. The van der Waals surface area contributed by atoms with E-state index < -0.39 is 0 Å². The van der Waals surface area contributed by atoms with Gasteiger partial charge >= 0.3 is 0 Å². The molecule has 0 aromatic heterocycles. The first-order valence-electron chi connectivity index (χ1n) is 8.30. The van der Waals surface area contributed by atoms with Gasteiger partial charge < -0.3 is 14.2 Å². The van der Waals surface area contributed by atoms with Crippen LogP contribution >= 0.6 is 0 Å². The van der Waals surface area contributed by atoms with Crippen LogP contribution < -0.4 is 19.6 Å². The van der Waals surface area contributed by atoms with E-state index in [9.17, 15) is 4.79 Å². The fourth-order valence-electron chi connectivity index (χ4n) is 2.24. The molecular weight excluding hydrogens is 332 g/mol. The van der Waals surface area contributed by atoms with Crippen molar-refractivity contribution in [2.75, 3.05) is 20.8 Å². The molecule has 2 aromatic rings. The molecule has 0 aliphatic rings. The van der Waals surface area contributed by atoms with E-state index in [0.717, 1.165) is 5.56 Å². The van der Waals surface area contributed by atoms with E-state index in [1.807, 2.05) is 30.3 Å². The van der Waals surface area contributed by atoms with Gasteiger partial charge in [-0.3, -0.25) is 4.79 Å². The molecule has 2 rings (SSSR count). The third kappa shape index (κ3) is 5.51. The van der Waals surface area contributed by atoms with Crippen LogP contribution in [0.1, 0.15) is 30.9 Å². The van der Waals surface area contributed by atoms with Crippen LogP contribution in [0.4, 0.5) is 0 Å². The Kier molecular flexibility index (Phi) is 7.02. The van der Waals surface area contributed by atoms with Crippen LogP contribution in [0.25, 0.3) is 0 Å². The van der Waals surface area contributed by atoms with Gasteiger partial charge in [0.1, 0.15) is 5.75 Å². The molecule has 0 atom stereocenters. The maximum Gasteiger partial charge on any atom is 0.277 e. The SMILES string of the molecule is COc1ccc(/C=N\NC(=O)COc2ccc(C(C)C)cc2)cc1OC. The normalized spacial score (nSPS) is 10.8. The zero-order valence-electron chi connectivity index (χ0n) is 15.5. The number of ether oxygens (including phenoxy) is 3. The Bertz CT molecular complexity index is 755. The number of methoxy groups -OCH3 is 2. The van der Waals surface area contributed by atoms with Crippen LogP contribution in [0.2, 0.25) is 0 Å². The van der Waals surface area contributed by atoms with Crippen molar-refractivity contribution in [3.05, 3.63) is 53.6 Å². The van der Waals surface area contributed by atoms with Crippen LogP contribution in [-0.2, 0) is 4.79 Å². The van der Waals surface area contributed by atoms with Crippen molar-refractivity contribution < 1.29 is 19.0 Å². The summed E-state index contributed by atoms with van der Waals surface area (Å²) < 4.78 is 15.8. The summed E-state index contributed by atoms with van der Waals surface area (Å²) in [5.74, 6) is 1.99. The Morgan fingerprint density at radius 2 is 1.77 bits per heavy atom. The minimum absolute atomic E-state index is 0.107. The van der Waals surface area contributed by atoms with Gasteiger partial charge in [0.25, 0.3) is 5.91 Å². The van der Waals surface area contributed by atoms with Crippen molar-refractivity contribution in [3.8, 4) is 17.2 Å². The fourth-order valence-corrected chi connectivity index (χ4v) is 2.24. The Balaban J connectivity index is 1.83. The van der Waals surface area contributed by atoms with Crippen molar-refractivity contribution in [2.24, 2.45) is 5.10 Å². The molecule has 6 heteroatoms. The van der Waals surface area contributed by atoms with E-state index in [0.29, 0.717) is 23.2 Å². The Labute approximate surface area is 153 Å². The molecule has 0 aliphatic heterocycles. The number of carbonyl (C=O) groups excluding carboxylic acids is 1. The number of hydrogen-bond donors (Lipinski definition) is 1. The van der Waals surface area contributed by atoms with Crippen LogP contribution in [-0.4, -0.2) is 32.9 Å². The van der Waals surface area contributed by atoms with E-state index >= 15 is 0 Å². The smallest absolute Gasteiger partial charge is 0.277 e. The summed E-state index contributed by atoms with van der Waals surface area (Å²) in [6.07, 6.45) is 1.53. The molecule has 0 heterocycles. The maximum atomic E-state index is 11.8. The Morgan fingerprint density at radius 3 is 2.38 bits per heavy atom. The van der Waals surface area contributed by atoms with Crippen molar-refractivity contribution in [1.29, 1.82) is 0 Å². The van der Waals surface area contributed by atoms with E-state index in [-0.39, 0.29) is 12.5 Å². The molecule has 2 aromatic carbocycles. The lowest BCUT2D eigenvalue weighted by Gasteiger charge is -2.08. The Morgan fingerprint density at radius 1 is 1.08 bits per heavy atom. The van der Waals surface area contributed by atoms with Gasteiger partial charge in [-0.15, -0.1) is 0 Å². The highest BCUT2D eigenvalue weighted by Gasteiger charge is 2.05. The second kappa shape index (κ2) is 9.46. The lowest BCUT2D eigenvalue weighted by molar-refractivity contribution is -0.123. The molecule has 0 fully saturated rings. The van der Waals surface area contributed by atoms with Gasteiger partial charge in [-0.2, -0.15) is 5.10 Å². The highest BCUT2D eigenvalue weighted by molar-refractivity contribution is 5.83. The summed E-state index contributed by atoms with van der Waals surface area (Å²) >= 11 is 0. The third-order valence-corrected chi connectivity index (χ3v) is 3.73. The summed E-state index contributed by atoms with van der Waals surface area (Å²) in [6.45, 7) is 4.14. The first-order chi connectivity index (χ1) is 12.5. The number of nitrogens with zero attached hydrogens (tertiary/aromatic N) is 1. The van der Waals surface area contributed by atoms with E-state index in [1.165, 1.54) is 11.8 Å². The minimum Gasteiger partial charge on any atom is -0.493 e. The molecule has 0 saturated carbocycles. The van der Waals surface area contributed by atoms with Crippen molar-refractivity contribution in [1.82, 2.24) is 5.43 Å². The molecule has 0 bridgehead atoms. The fraction of sp³-hybridized carbons (Fsp3) is 0.300. The molecule has 0 radical (unpaired) electrons. The molecule has 0 saturated heterocycles. The van der Waals surface area contributed by atoms with Crippen molar-refractivity contribution in [2.45, 2.75) is 19.8 Å². The number of benzene rings is 2. The summed E-state index contributed by atoms with van der Waals surface area (Å²) in [6, 6.07) is 13.0. The Hall–Kier alpha value is -3.02. The lowest BCUT2D eigenvalue weighted by atomic mass is 10.0. The monoisotopic (exact) mass is 356 g/mol. The van der Waals surface area contributed by atoms with Gasteiger partial charge in [0.05, 0.1) is 20.4 Å². The number of amides is 1. The molecular formula is C20H24N2O4. The van der Waals surface area contributed by atoms with Crippen LogP contribution in [0.15, 0.2) is 47.6 Å². The highest BCUT2D eigenvalue weighted by Crippen LogP contribution is 2.26. The van der Waals surface area contributed by atoms with Crippen LogP contribution in [0.5, 0.6) is 17.2 Å². The first kappa shape index (κ1) is 19.3. The number of hydrazone groups is 1. The predicted molar refractivity (Wildman–Crippen MR) is 101 cm³/mol. The summed E-state index contributed by atoms with van der Waals surface area (Å²) in [5.41, 5.74) is 4.43. The van der Waals surface area contributed by atoms with E-state index in [2.05, 4.69) is 24.4 Å². The molecule has 1 N–H and O–H groups in total. The quantitative estimate of drug-likeness (QED) is 0.582. The lowest BCUT2D eigenvalue weighted by Crippen LogP contribution is -2.24. The third-order valence-electron chi connectivity index (χ3n) is 3.73. The highest BCUT2D eigenvalue weighted by atomic mass is 16.5. The van der Waals surface area contributed by atoms with E-state index in [4.69, 9.17) is 14.2 Å². The van der Waals surface area contributed by atoms with Crippen molar-refractivity contribution in [3.63, 3.8) is 0 Å². The first-order valence-corrected chi connectivity index (χ1v) is 8.30. The second-order valence-electron chi connectivity index (χ2n) is 5.92. The molecule has 1 amide bonds. The standard InChI is InChI=1S/C20H24N2O4/c1-14(2)16-6-8-17(9-7-16)26-13-20(23)22-21-12-15-5-10-18(24-3)19(11-15)25-4/h5-12,14H,13H2,1-4H3,(H,22,23)/b21-12-. The summed E-state index contributed by atoms with van der Waals surface area (Å²) in [7, 11) is 3.13. The molecule has 26 heavy (non-hydrogen) atoms. The summed E-state index contributed by atoms with van der Waals surface area (Å²) in [4.78, 5) is 11.8.